The van der Waals surface area contributed by atoms with Gasteiger partial charge >= 0.3 is 6.18 Å². The number of carbonyl (C=O) groups excluding carboxylic acids is 1. The monoisotopic (exact) mass is 351 g/mol. The van der Waals surface area contributed by atoms with Crippen LogP contribution < -0.4 is 14.4 Å². The Labute approximate surface area is 142 Å². The first-order chi connectivity index (χ1) is 11.9. The van der Waals surface area contributed by atoms with Crippen LogP contribution in [-0.4, -0.2) is 19.1 Å². The molecule has 4 nitrogen and oxygen atoms in total. The van der Waals surface area contributed by atoms with Gasteiger partial charge in [-0.15, -0.1) is 0 Å². The van der Waals surface area contributed by atoms with E-state index in [0.717, 1.165) is 11.0 Å². The Bertz CT molecular complexity index is 789. The van der Waals surface area contributed by atoms with Gasteiger partial charge in [0.2, 0.25) is 0 Å². The molecule has 0 radical (unpaired) electrons. The zero-order valence-electron chi connectivity index (χ0n) is 13.5. The third-order valence-electron chi connectivity index (χ3n) is 3.83. The molecule has 132 valence electrons. The molecule has 0 saturated heterocycles. The largest absolute Gasteiger partial charge is 0.490 e. The van der Waals surface area contributed by atoms with E-state index in [1.165, 1.54) is 18.2 Å². The molecule has 2 aromatic rings. The molecule has 0 aliphatic carbocycles. The van der Waals surface area contributed by atoms with Gasteiger partial charge in [-0.25, -0.2) is 0 Å². The standard InChI is InChI=1S/C18H16F3NO3/c1-2-24-15-9-5-6-12-10-22(16(23)11-25-17(12)15)14-8-4-3-7-13(14)18(19,20)21/h3-9H,2,10-11H2,1H3. The number of benzene rings is 2. The van der Waals surface area contributed by atoms with Crippen LogP contribution >= 0.6 is 0 Å². The van der Waals surface area contributed by atoms with E-state index in [1.807, 2.05) is 6.92 Å². The van der Waals surface area contributed by atoms with Crippen molar-refractivity contribution in [3.63, 3.8) is 0 Å². The van der Waals surface area contributed by atoms with Crippen molar-refractivity contribution in [2.45, 2.75) is 19.6 Å². The normalized spacial score (nSPS) is 14.6. The second kappa shape index (κ2) is 6.66. The van der Waals surface area contributed by atoms with Gasteiger partial charge in [0.15, 0.2) is 18.1 Å². The molecule has 1 heterocycles. The van der Waals surface area contributed by atoms with Crippen LogP contribution in [0.15, 0.2) is 42.5 Å². The van der Waals surface area contributed by atoms with Crippen molar-refractivity contribution in [2.75, 3.05) is 18.1 Å². The van der Waals surface area contributed by atoms with Gasteiger partial charge in [-0.3, -0.25) is 4.79 Å². The molecule has 25 heavy (non-hydrogen) atoms. The molecule has 1 amide bonds. The predicted octanol–water partition coefficient (Wildman–Crippen LogP) is 4.03. The summed E-state index contributed by atoms with van der Waals surface area (Å²) in [6.45, 7) is 1.84. The summed E-state index contributed by atoms with van der Waals surface area (Å²) in [4.78, 5) is 13.5. The quantitative estimate of drug-likeness (QED) is 0.838. The minimum Gasteiger partial charge on any atom is -0.490 e. The smallest absolute Gasteiger partial charge is 0.418 e. The Hall–Kier alpha value is -2.70. The summed E-state index contributed by atoms with van der Waals surface area (Å²) in [6.07, 6.45) is -4.56. The van der Waals surface area contributed by atoms with Gasteiger partial charge < -0.3 is 14.4 Å². The summed E-state index contributed by atoms with van der Waals surface area (Å²) in [7, 11) is 0. The van der Waals surface area contributed by atoms with Crippen LogP contribution in [0, 0.1) is 0 Å². The van der Waals surface area contributed by atoms with Crippen LogP contribution in [0.25, 0.3) is 0 Å². The molecule has 0 saturated carbocycles. The van der Waals surface area contributed by atoms with E-state index in [9.17, 15) is 18.0 Å². The molecule has 1 aliphatic rings. The van der Waals surface area contributed by atoms with Crippen LogP contribution in [0.5, 0.6) is 11.5 Å². The van der Waals surface area contributed by atoms with Crippen LogP contribution in [0.4, 0.5) is 18.9 Å². The van der Waals surface area contributed by atoms with Gasteiger partial charge in [0.25, 0.3) is 5.91 Å². The fourth-order valence-electron chi connectivity index (χ4n) is 2.76. The Morgan fingerprint density at radius 2 is 1.92 bits per heavy atom. The lowest BCUT2D eigenvalue weighted by atomic mass is 10.1. The summed E-state index contributed by atoms with van der Waals surface area (Å²) in [5.74, 6) is 0.318. The number of halogens is 3. The topological polar surface area (TPSA) is 38.8 Å². The van der Waals surface area contributed by atoms with Crippen molar-refractivity contribution in [1.29, 1.82) is 0 Å². The van der Waals surface area contributed by atoms with Crippen molar-refractivity contribution in [3.05, 3.63) is 53.6 Å². The summed E-state index contributed by atoms with van der Waals surface area (Å²) >= 11 is 0. The highest BCUT2D eigenvalue weighted by Gasteiger charge is 2.36. The number of amides is 1. The van der Waals surface area contributed by atoms with Crippen LogP contribution in [0.1, 0.15) is 18.1 Å². The summed E-state index contributed by atoms with van der Waals surface area (Å²) in [5.41, 5.74) is -0.445. The Balaban J connectivity index is 2.05. The highest BCUT2D eigenvalue weighted by Crippen LogP contribution is 2.39. The number of carbonyl (C=O) groups is 1. The zero-order chi connectivity index (χ0) is 18.0. The minimum absolute atomic E-state index is 0.0256. The molecule has 2 aromatic carbocycles. The number of fused-ring (bicyclic) bond motifs is 1. The van der Waals surface area contributed by atoms with Crippen LogP contribution in [0.3, 0.4) is 0 Å². The van der Waals surface area contributed by atoms with Crippen molar-refractivity contribution in [1.82, 2.24) is 0 Å². The fourth-order valence-corrected chi connectivity index (χ4v) is 2.76. The molecule has 0 N–H and O–H groups in total. The van der Waals surface area contributed by atoms with E-state index in [-0.39, 0.29) is 18.8 Å². The lowest BCUT2D eigenvalue weighted by Gasteiger charge is -2.24. The van der Waals surface area contributed by atoms with Gasteiger partial charge in [0.1, 0.15) is 0 Å². The highest BCUT2D eigenvalue weighted by atomic mass is 19.4. The molecule has 0 spiro atoms. The summed E-state index contributed by atoms with van der Waals surface area (Å²) < 4.78 is 50.9. The number of ether oxygens (including phenoxy) is 2. The minimum atomic E-state index is -4.56. The Kier molecular flexibility index (Phi) is 4.57. The SMILES string of the molecule is CCOc1cccc2c1OCC(=O)N(c1ccccc1C(F)(F)F)C2. The van der Waals surface area contributed by atoms with E-state index in [4.69, 9.17) is 9.47 Å². The highest BCUT2D eigenvalue weighted by molar-refractivity contribution is 5.96. The molecule has 0 atom stereocenters. The first-order valence-electron chi connectivity index (χ1n) is 7.76. The summed E-state index contributed by atoms with van der Waals surface area (Å²) in [6, 6.07) is 10.2. The number of alkyl halides is 3. The first-order valence-corrected chi connectivity index (χ1v) is 7.76. The number of rotatable bonds is 3. The van der Waals surface area contributed by atoms with E-state index < -0.39 is 17.6 Å². The second-order valence-corrected chi connectivity index (χ2v) is 5.46. The Morgan fingerprint density at radius 3 is 2.64 bits per heavy atom. The van der Waals surface area contributed by atoms with E-state index >= 15 is 0 Å². The molecular formula is C18H16F3NO3. The lowest BCUT2D eigenvalue weighted by Crippen LogP contribution is -2.33. The average Bonchev–Trinajstić information content (AvgIpc) is 2.74. The van der Waals surface area contributed by atoms with Gasteiger partial charge in [-0.05, 0) is 25.1 Å². The molecular weight excluding hydrogens is 335 g/mol. The third kappa shape index (κ3) is 3.40. The number of hydrogen-bond acceptors (Lipinski definition) is 3. The molecule has 0 aromatic heterocycles. The van der Waals surface area contributed by atoms with Gasteiger partial charge in [0.05, 0.1) is 24.4 Å². The maximum Gasteiger partial charge on any atom is 0.418 e. The average molecular weight is 351 g/mol. The second-order valence-electron chi connectivity index (χ2n) is 5.46. The molecule has 3 rings (SSSR count). The van der Waals surface area contributed by atoms with E-state index in [0.29, 0.717) is 23.7 Å². The molecule has 7 heteroatoms. The Morgan fingerprint density at radius 1 is 1.16 bits per heavy atom. The number of hydrogen-bond donors (Lipinski definition) is 0. The maximum atomic E-state index is 13.3. The van der Waals surface area contributed by atoms with E-state index in [1.54, 1.807) is 18.2 Å². The molecule has 0 unspecified atom stereocenters. The predicted molar refractivity (Wildman–Crippen MR) is 85.7 cm³/mol. The summed E-state index contributed by atoms with van der Waals surface area (Å²) in [5, 5.41) is 0. The number of para-hydroxylation sites is 2. The van der Waals surface area contributed by atoms with Gasteiger partial charge in [-0.1, -0.05) is 24.3 Å². The van der Waals surface area contributed by atoms with Crippen molar-refractivity contribution in [2.24, 2.45) is 0 Å². The molecule has 0 fully saturated rings. The van der Waals surface area contributed by atoms with Crippen LogP contribution in [-0.2, 0) is 17.5 Å². The molecule has 1 aliphatic heterocycles. The van der Waals surface area contributed by atoms with Gasteiger partial charge in [-0.2, -0.15) is 13.2 Å². The first kappa shape index (κ1) is 17.1. The van der Waals surface area contributed by atoms with E-state index in [2.05, 4.69) is 0 Å². The van der Waals surface area contributed by atoms with Crippen molar-refractivity contribution in [3.8, 4) is 11.5 Å². The van der Waals surface area contributed by atoms with Crippen molar-refractivity contribution >= 4 is 11.6 Å². The lowest BCUT2D eigenvalue weighted by molar-refractivity contribution is -0.137. The fraction of sp³-hybridized carbons (Fsp3) is 0.278. The number of anilines is 1. The zero-order valence-corrected chi connectivity index (χ0v) is 13.5. The molecule has 0 bridgehead atoms. The van der Waals surface area contributed by atoms with Crippen molar-refractivity contribution < 1.29 is 27.4 Å². The van der Waals surface area contributed by atoms with Crippen LogP contribution in [0.2, 0.25) is 0 Å². The third-order valence-corrected chi connectivity index (χ3v) is 3.83. The van der Waals surface area contributed by atoms with Gasteiger partial charge in [0, 0.05) is 5.56 Å². The maximum absolute atomic E-state index is 13.3. The number of nitrogens with zero attached hydrogens (tertiary/aromatic N) is 1.